The molecule has 1 unspecified atom stereocenters. The number of aromatic nitrogens is 2. The molecule has 0 radical (unpaired) electrons. The van der Waals surface area contributed by atoms with Crippen molar-refractivity contribution in [1.29, 1.82) is 0 Å². The molecule has 2 aliphatic heterocycles. The van der Waals surface area contributed by atoms with Gasteiger partial charge in [-0.3, -0.25) is 4.79 Å². The largest absolute Gasteiger partial charge is 0.383 e. The molecule has 3 heterocycles. The number of nitrogen functional groups attached to an aromatic ring is 1. The zero-order chi connectivity index (χ0) is 19.0. The lowest BCUT2D eigenvalue weighted by atomic mass is 9.86. The highest BCUT2D eigenvalue weighted by atomic mass is 16.5. The molecule has 2 aromatic rings. The average molecular weight is 368 g/mol. The molecule has 1 aromatic carbocycles. The number of amides is 1. The molecule has 0 spiro atoms. The molecule has 0 saturated carbocycles. The first-order valence-corrected chi connectivity index (χ1v) is 9.10. The summed E-state index contributed by atoms with van der Waals surface area (Å²) >= 11 is 0. The number of fused-ring (bicyclic) bond motifs is 1. The standard InChI is InChI=1S/C19H24N6O2/c1-24(2)13-5-3-12(4-6-13)14-11-15(26)21-18-16(14)17(20)22-19(23-18)25-7-9-27-10-8-25/h3-6,14H,7-11H2,1-2H3,(H3,20,21,22,23,26). The zero-order valence-corrected chi connectivity index (χ0v) is 15.6. The highest BCUT2D eigenvalue weighted by molar-refractivity contribution is 5.95. The second-order valence-electron chi connectivity index (χ2n) is 7.06. The van der Waals surface area contributed by atoms with Crippen LogP contribution >= 0.6 is 0 Å². The fourth-order valence-electron chi connectivity index (χ4n) is 3.58. The topological polar surface area (TPSA) is 96.6 Å². The molecule has 8 nitrogen and oxygen atoms in total. The summed E-state index contributed by atoms with van der Waals surface area (Å²) < 4.78 is 5.38. The van der Waals surface area contributed by atoms with E-state index in [1.165, 1.54) is 0 Å². The van der Waals surface area contributed by atoms with Crippen LogP contribution in [0.1, 0.15) is 23.5 Å². The van der Waals surface area contributed by atoms with Gasteiger partial charge in [0.15, 0.2) is 0 Å². The van der Waals surface area contributed by atoms with Gasteiger partial charge < -0.3 is 25.6 Å². The van der Waals surface area contributed by atoms with Crippen molar-refractivity contribution in [3.05, 3.63) is 35.4 Å². The van der Waals surface area contributed by atoms with Crippen LogP contribution in [0, 0.1) is 0 Å². The van der Waals surface area contributed by atoms with Gasteiger partial charge in [0.2, 0.25) is 11.9 Å². The van der Waals surface area contributed by atoms with E-state index in [4.69, 9.17) is 10.5 Å². The number of carbonyl (C=O) groups is 1. The van der Waals surface area contributed by atoms with Gasteiger partial charge in [-0.05, 0) is 17.7 Å². The number of carbonyl (C=O) groups excluding carboxylic acids is 1. The lowest BCUT2D eigenvalue weighted by molar-refractivity contribution is -0.116. The predicted octanol–water partition coefficient (Wildman–Crippen LogP) is 1.44. The Morgan fingerprint density at radius 3 is 2.56 bits per heavy atom. The third-order valence-electron chi connectivity index (χ3n) is 5.06. The summed E-state index contributed by atoms with van der Waals surface area (Å²) in [6.45, 7) is 2.68. The number of rotatable bonds is 3. The van der Waals surface area contributed by atoms with E-state index >= 15 is 0 Å². The van der Waals surface area contributed by atoms with Gasteiger partial charge in [-0.25, -0.2) is 0 Å². The van der Waals surface area contributed by atoms with Crippen LogP contribution in [-0.2, 0) is 9.53 Å². The summed E-state index contributed by atoms with van der Waals surface area (Å²) in [6, 6.07) is 8.16. The van der Waals surface area contributed by atoms with E-state index in [2.05, 4.69) is 15.3 Å². The molecule has 1 amide bonds. The maximum atomic E-state index is 12.3. The van der Waals surface area contributed by atoms with Crippen LogP contribution in [0.25, 0.3) is 0 Å². The highest BCUT2D eigenvalue weighted by Gasteiger charge is 2.31. The monoisotopic (exact) mass is 368 g/mol. The lowest BCUT2D eigenvalue weighted by Crippen LogP contribution is -2.38. The number of nitrogens with one attached hydrogen (secondary N) is 1. The van der Waals surface area contributed by atoms with Crippen molar-refractivity contribution in [2.45, 2.75) is 12.3 Å². The number of benzene rings is 1. The zero-order valence-electron chi connectivity index (χ0n) is 15.6. The van der Waals surface area contributed by atoms with Gasteiger partial charge in [-0.2, -0.15) is 9.97 Å². The first-order chi connectivity index (χ1) is 13.0. The van der Waals surface area contributed by atoms with E-state index in [-0.39, 0.29) is 11.8 Å². The first kappa shape index (κ1) is 17.5. The van der Waals surface area contributed by atoms with Gasteiger partial charge in [0.05, 0.1) is 13.2 Å². The normalized spacial score (nSPS) is 19.4. The Kier molecular flexibility index (Phi) is 4.57. The summed E-state index contributed by atoms with van der Waals surface area (Å²) in [4.78, 5) is 25.5. The van der Waals surface area contributed by atoms with Gasteiger partial charge in [0, 0.05) is 50.8 Å². The summed E-state index contributed by atoms with van der Waals surface area (Å²) in [5.41, 5.74) is 9.26. The van der Waals surface area contributed by atoms with Gasteiger partial charge in [0.1, 0.15) is 11.6 Å². The van der Waals surface area contributed by atoms with Crippen LogP contribution in [0.15, 0.2) is 24.3 Å². The summed E-state index contributed by atoms with van der Waals surface area (Å²) in [7, 11) is 3.99. The molecule has 0 bridgehead atoms. The Labute approximate surface area is 158 Å². The number of ether oxygens (including phenoxy) is 1. The fourth-order valence-corrected chi connectivity index (χ4v) is 3.58. The van der Waals surface area contributed by atoms with Crippen LogP contribution in [0.4, 0.5) is 23.3 Å². The van der Waals surface area contributed by atoms with Gasteiger partial charge in [0.25, 0.3) is 0 Å². The Hall–Kier alpha value is -2.87. The molecule has 1 saturated heterocycles. The van der Waals surface area contributed by atoms with Crippen LogP contribution < -0.4 is 20.9 Å². The SMILES string of the molecule is CN(C)c1ccc(C2CC(=O)Nc3nc(N4CCOCC4)nc(N)c32)cc1. The van der Waals surface area contributed by atoms with E-state index in [0.717, 1.165) is 16.8 Å². The van der Waals surface area contributed by atoms with Crippen molar-refractivity contribution in [2.24, 2.45) is 0 Å². The molecule has 1 fully saturated rings. The summed E-state index contributed by atoms with van der Waals surface area (Å²) in [6.07, 6.45) is 0.332. The Morgan fingerprint density at radius 2 is 1.89 bits per heavy atom. The van der Waals surface area contributed by atoms with Gasteiger partial charge >= 0.3 is 0 Å². The van der Waals surface area contributed by atoms with Crippen molar-refractivity contribution < 1.29 is 9.53 Å². The minimum atomic E-state index is -0.149. The van der Waals surface area contributed by atoms with Gasteiger partial charge in [-0.15, -0.1) is 0 Å². The number of nitrogens with zero attached hydrogens (tertiary/aromatic N) is 4. The average Bonchev–Trinajstić information content (AvgIpc) is 2.67. The summed E-state index contributed by atoms with van der Waals surface area (Å²) in [5, 5.41) is 2.87. The van der Waals surface area contributed by atoms with E-state index in [9.17, 15) is 4.79 Å². The maximum Gasteiger partial charge on any atom is 0.229 e. The second kappa shape index (κ2) is 7.03. The molecule has 4 rings (SSSR count). The Balaban J connectivity index is 1.71. The maximum absolute atomic E-state index is 12.3. The number of anilines is 4. The number of hydrogen-bond acceptors (Lipinski definition) is 7. The van der Waals surface area contributed by atoms with Crippen molar-refractivity contribution >= 4 is 29.2 Å². The summed E-state index contributed by atoms with van der Waals surface area (Å²) in [5.74, 6) is 1.27. The van der Waals surface area contributed by atoms with E-state index in [1.54, 1.807) is 0 Å². The molecule has 2 aliphatic rings. The van der Waals surface area contributed by atoms with Crippen molar-refractivity contribution in [2.75, 3.05) is 61.2 Å². The highest BCUT2D eigenvalue weighted by Crippen LogP contribution is 2.40. The number of hydrogen-bond donors (Lipinski definition) is 2. The number of morpholine rings is 1. The van der Waals surface area contributed by atoms with Crippen molar-refractivity contribution in [3.8, 4) is 0 Å². The molecule has 0 aliphatic carbocycles. The minimum Gasteiger partial charge on any atom is -0.383 e. The molecule has 1 aromatic heterocycles. The quantitative estimate of drug-likeness (QED) is 0.846. The molecular formula is C19H24N6O2. The van der Waals surface area contributed by atoms with Crippen LogP contribution in [0.5, 0.6) is 0 Å². The fraction of sp³-hybridized carbons (Fsp3) is 0.421. The van der Waals surface area contributed by atoms with Crippen LogP contribution in [0.2, 0.25) is 0 Å². The molecule has 1 atom stereocenters. The van der Waals surface area contributed by atoms with E-state index in [0.29, 0.717) is 50.3 Å². The number of nitrogens with two attached hydrogens (primary N) is 1. The van der Waals surface area contributed by atoms with Gasteiger partial charge in [-0.1, -0.05) is 12.1 Å². The molecule has 3 N–H and O–H groups in total. The van der Waals surface area contributed by atoms with Crippen molar-refractivity contribution in [3.63, 3.8) is 0 Å². The molecule has 8 heteroatoms. The minimum absolute atomic E-state index is 0.0600. The Morgan fingerprint density at radius 1 is 1.19 bits per heavy atom. The predicted molar refractivity (Wildman–Crippen MR) is 105 cm³/mol. The Bertz CT molecular complexity index is 846. The van der Waals surface area contributed by atoms with Crippen LogP contribution in [0.3, 0.4) is 0 Å². The van der Waals surface area contributed by atoms with E-state index in [1.807, 2.05) is 48.2 Å². The second-order valence-corrected chi connectivity index (χ2v) is 7.06. The van der Waals surface area contributed by atoms with Crippen molar-refractivity contribution in [1.82, 2.24) is 9.97 Å². The third kappa shape index (κ3) is 3.40. The molecular weight excluding hydrogens is 344 g/mol. The lowest BCUT2D eigenvalue weighted by Gasteiger charge is -2.30. The van der Waals surface area contributed by atoms with E-state index < -0.39 is 0 Å². The molecule has 142 valence electrons. The third-order valence-corrected chi connectivity index (χ3v) is 5.06. The smallest absolute Gasteiger partial charge is 0.229 e. The first-order valence-electron chi connectivity index (χ1n) is 9.10. The molecule has 27 heavy (non-hydrogen) atoms. The van der Waals surface area contributed by atoms with Crippen LogP contribution in [-0.4, -0.2) is 56.3 Å².